The van der Waals surface area contributed by atoms with Crippen LogP contribution >= 0.6 is 0 Å². The minimum Gasteiger partial charge on any atom is -0.493 e. The normalized spacial score (nSPS) is 23.0. The van der Waals surface area contributed by atoms with E-state index in [2.05, 4.69) is 29.2 Å². The standard InChI is InChI=1S/C19H20N2O2/c20-19(22)14-6-7-18-16(8-14)17-11-21(10-15(17)12-23-18)9-13-4-2-1-3-5-13/h1-8,15,17H,9-12H2,(H2,20,22). The summed E-state index contributed by atoms with van der Waals surface area (Å²) in [5.74, 6) is 1.42. The van der Waals surface area contributed by atoms with E-state index in [1.165, 1.54) is 5.56 Å². The molecule has 2 atom stereocenters. The van der Waals surface area contributed by atoms with Gasteiger partial charge in [0.05, 0.1) is 6.61 Å². The van der Waals surface area contributed by atoms with Gasteiger partial charge in [-0.15, -0.1) is 0 Å². The van der Waals surface area contributed by atoms with Crippen LogP contribution in [0.25, 0.3) is 0 Å². The highest BCUT2D eigenvalue weighted by atomic mass is 16.5. The molecule has 0 bridgehead atoms. The van der Waals surface area contributed by atoms with Gasteiger partial charge < -0.3 is 10.5 Å². The minimum atomic E-state index is -0.380. The quantitative estimate of drug-likeness (QED) is 0.947. The first-order chi connectivity index (χ1) is 11.2. The molecule has 0 radical (unpaired) electrons. The summed E-state index contributed by atoms with van der Waals surface area (Å²) < 4.78 is 5.89. The monoisotopic (exact) mass is 308 g/mol. The summed E-state index contributed by atoms with van der Waals surface area (Å²) in [6, 6.07) is 16.1. The van der Waals surface area contributed by atoms with Crippen molar-refractivity contribution in [2.45, 2.75) is 12.5 Å². The lowest BCUT2D eigenvalue weighted by atomic mass is 9.86. The van der Waals surface area contributed by atoms with Crippen molar-refractivity contribution in [2.24, 2.45) is 11.7 Å². The van der Waals surface area contributed by atoms with Crippen molar-refractivity contribution in [1.82, 2.24) is 4.90 Å². The topological polar surface area (TPSA) is 55.6 Å². The molecule has 2 N–H and O–H groups in total. The summed E-state index contributed by atoms with van der Waals surface area (Å²) in [4.78, 5) is 13.9. The zero-order valence-corrected chi connectivity index (χ0v) is 12.9. The number of carbonyl (C=O) groups is 1. The number of rotatable bonds is 3. The number of fused-ring (bicyclic) bond motifs is 3. The van der Waals surface area contributed by atoms with Crippen LogP contribution in [0.15, 0.2) is 48.5 Å². The maximum absolute atomic E-state index is 11.5. The summed E-state index contributed by atoms with van der Waals surface area (Å²) in [7, 11) is 0. The molecule has 1 fully saturated rings. The highest BCUT2D eigenvalue weighted by Crippen LogP contribution is 2.42. The van der Waals surface area contributed by atoms with E-state index < -0.39 is 0 Å². The molecule has 2 aliphatic heterocycles. The average Bonchev–Trinajstić information content (AvgIpc) is 2.98. The van der Waals surface area contributed by atoms with Crippen LogP contribution in [-0.4, -0.2) is 30.5 Å². The van der Waals surface area contributed by atoms with Crippen LogP contribution in [0, 0.1) is 5.92 Å². The Morgan fingerprint density at radius 1 is 1.17 bits per heavy atom. The van der Waals surface area contributed by atoms with E-state index in [0.717, 1.165) is 37.6 Å². The van der Waals surface area contributed by atoms with Crippen LogP contribution in [0.2, 0.25) is 0 Å². The molecule has 1 saturated heterocycles. The summed E-state index contributed by atoms with van der Waals surface area (Å²) in [5, 5.41) is 0. The Bertz CT molecular complexity index is 729. The molecule has 0 aromatic heterocycles. The predicted octanol–water partition coefficient (Wildman–Crippen LogP) is 2.39. The predicted molar refractivity (Wildman–Crippen MR) is 88.4 cm³/mol. The molecule has 1 amide bonds. The maximum atomic E-state index is 11.5. The third-order valence-electron chi connectivity index (χ3n) is 4.91. The van der Waals surface area contributed by atoms with Gasteiger partial charge in [-0.25, -0.2) is 0 Å². The number of benzene rings is 2. The Balaban J connectivity index is 1.57. The van der Waals surface area contributed by atoms with Crippen LogP contribution in [0.1, 0.15) is 27.4 Å². The average molecular weight is 308 g/mol. The van der Waals surface area contributed by atoms with E-state index in [0.29, 0.717) is 17.4 Å². The molecule has 4 nitrogen and oxygen atoms in total. The highest BCUT2D eigenvalue weighted by Gasteiger charge is 2.38. The Hall–Kier alpha value is -2.33. The van der Waals surface area contributed by atoms with Gasteiger partial charge in [0.25, 0.3) is 0 Å². The lowest BCUT2D eigenvalue weighted by Crippen LogP contribution is -2.25. The molecule has 2 aromatic rings. The smallest absolute Gasteiger partial charge is 0.248 e. The van der Waals surface area contributed by atoms with Gasteiger partial charge in [-0.1, -0.05) is 30.3 Å². The Kier molecular flexibility index (Phi) is 3.54. The van der Waals surface area contributed by atoms with Gasteiger partial charge in [0.2, 0.25) is 5.91 Å². The van der Waals surface area contributed by atoms with Crippen molar-refractivity contribution >= 4 is 5.91 Å². The summed E-state index contributed by atoms with van der Waals surface area (Å²) in [5.41, 5.74) is 8.45. The minimum absolute atomic E-state index is 0.380. The molecule has 2 aliphatic rings. The number of carbonyl (C=O) groups excluding carboxylic acids is 1. The fourth-order valence-electron chi connectivity index (χ4n) is 3.77. The summed E-state index contributed by atoms with van der Waals surface area (Å²) >= 11 is 0. The van der Waals surface area contributed by atoms with Gasteiger partial charge in [0, 0.05) is 37.0 Å². The molecule has 0 aliphatic carbocycles. The van der Waals surface area contributed by atoms with Gasteiger partial charge in [-0.3, -0.25) is 9.69 Å². The molecule has 23 heavy (non-hydrogen) atoms. The molecule has 0 spiro atoms. The molecule has 2 aromatic carbocycles. The van der Waals surface area contributed by atoms with Gasteiger partial charge in [-0.2, -0.15) is 0 Å². The lowest BCUT2D eigenvalue weighted by Gasteiger charge is -2.28. The van der Waals surface area contributed by atoms with Crippen LogP contribution in [0.4, 0.5) is 0 Å². The fraction of sp³-hybridized carbons (Fsp3) is 0.316. The van der Waals surface area contributed by atoms with Gasteiger partial charge in [-0.05, 0) is 29.3 Å². The molecular formula is C19H20N2O2. The van der Waals surface area contributed by atoms with Crippen molar-refractivity contribution in [3.8, 4) is 5.75 Å². The first-order valence-corrected chi connectivity index (χ1v) is 8.03. The Morgan fingerprint density at radius 3 is 2.78 bits per heavy atom. The van der Waals surface area contributed by atoms with Crippen molar-refractivity contribution < 1.29 is 9.53 Å². The number of hydrogen-bond acceptors (Lipinski definition) is 3. The van der Waals surface area contributed by atoms with Crippen molar-refractivity contribution in [2.75, 3.05) is 19.7 Å². The second-order valence-corrected chi connectivity index (χ2v) is 6.47. The zero-order valence-electron chi connectivity index (χ0n) is 12.9. The van der Waals surface area contributed by atoms with E-state index in [9.17, 15) is 4.79 Å². The van der Waals surface area contributed by atoms with E-state index in [-0.39, 0.29) is 5.91 Å². The Labute approximate surface area is 135 Å². The highest BCUT2D eigenvalue weighted by molar-refractivity contribution is 5.93. The van der Waals surface area contributed by atoms with Crippen LogP contribution < -0.4 is 10.5 Å². The number of likely N-dealkylation sites (tertiary alicyclic amines) is 1. The number of nitrogens with two attached hydrogens (primary N) is 1. The third kappa shape index (κ3) is 2.70. The number of primary amides is 1. The van der Waals surface area contributed by atoms with Crippen molar-refractivity contribution in [3.05, 3.63) is 65.2 Å². The number of nitrogens with zero attached hydrogens (tertiary/aromatic N) is 1. The second-order valence-electron chi connectivity index (χ2n) is 6.47. The number of hydrogen-bond donors (Lipinski definition) is 1. The molecule has 2 heterocycles. The van der Waals surface area contributed by atoms with E-state index in [1.807, 2.05) is 18.2 Å². The lowest BCUT2D eigenvalue weighted by molar-refractivity contribution is 0.1000. The zero-order chi connectivity index (χ0) is 15.8. The molecule has 2 unspecified atom stereocenters. The van der Waals surface area contributed by atoms with Crippen LogP contribution in [0.3, 0.4) is 0 Å². The van der Waals surface area contributed by atoms with Gasteiger partial charge in [0.1, 0.15) is 5.75 Å². The molecule has 4 heteroatoms. The van der Waals surface area contributed by atoms with Crippen LogP contribution in [-0.2, 0) is 6.54 Å². The summed E-state index contributed by atoms with van der Waals surface area (Å²) in [6.07, 6.45) is 0. The molecule has 4 rings (SSSR count). The van der Waals surface area contributed by atoms with Crippen molar-refractivity contribution in [1.29, 1.82) is 0 Å². The third-order valence-corrected chi connectivity index (χ3v) is 4.91. The van der Waals surface area contributed by atoms with Gasteiger partial charge >= 0.3 is 0 Å². The van der Waals surface area contributed by atoms with E-state index >= 15 is 0 Å². The first kappa shape index (κ1) is 14.3. The van der Waals surface area contributed by atoms with E-state index in [4.69, 9.17) is 10.5 Å². The second kappa shape index (κ2) is 5.70. The molecule has 0 saturated carbocycles. The van der Waals surface area contributed by atoms with Crippen molar-refractivity contribution in [3.63, 3.8) is 0 Å². The molecule has 118 valence electrons. The number of ether oxygens (including phenoxy) is 1. The van der Waals surface area contributed by atoms with E-state index in [1.54, 1.807) is 6.07 Å². The summed E-state index contributed by atoms with van der Waals surface area (Å²) in [6.45, 7) is 3.73. The Morgan fingerprint density at radius 2 is 2.00 bits per heavy atom. The number of amides is 1. The largest absolute Gasteiger partial charge is 0.493 e. The SMILES string of the molecule is NC(=O)c1ccc2c(c1)C1CN(Cc3ccccc3)CC1CO2. The van der Waals surface area contributed by atoms with Crippen LogP contribution in [0.5, 0.6) is 5.75 Å². The maximum Gasteiger partial charge on any atom is 0.248 e. The van der Waals surface area contributed by atoms with Gasteiger partial charge in [0.15, 0.2) is 0 Å². The molecular weight excluding hydrogens is 288 g/mol. The fourth-order valence-corrected chi connectivity index (χ4v) is 3.77. The first-order valence-electron chi connectivity index (χ1n) is 8.03.